The fourth-order valence-corrected chi connectivity index (χ4v) is 2.57. The summed E-state index contributed by atoms with van der Waals surface area (Å²) in [5.74, 6) is -0.635. The zero-order chi connectivity index (χ0) is 8.72. The minimum Gasteiger partial charge on any atom is -0.481 e. The Hall–Kier alpha value is -0.540. The lowest BCUT2D eigenvalue weighted by Crippen LogP contribution is -1.97. The fourth-order valence-electron chi connectivity index (χ4n) is 1.31. The maximum absolute atomic E-state index is 10.5. The summed E-state index contributed by atoms with van der Waals surface area (Å²) < 4.78 is 0. The van der Waals surface area contributed by atoms with Crippen LogP contribution in [0.2, 0.25) is 5.02 Å². The Kier molecular flexibility index (Phi) is 1.85. The average molecular weight is 203 g/mol. The monoisotopic (exact) mass is 202 g/mol. The van der Waals surface area contributed by atoms with Crippen LogP contribution < -0.4 is 0 Å². The van der Waals surface area contributed by atoms with Crippen molar-refractivity contribution in [3.8, 4) is 0 Å². The molecule has 12 heavy (non-hydrogen) atoms. The zero-order valence-electron chi connectivity index (χ0n) is 6.16. The standard InChI is InChI=1S/C8H7ClO2S/c9-4-1-7(12-3-4)5-2-6(5)8(10)11/h1,3,5-6H,2H2,(H,10,11)/t5-,6-/m1/s1. The quantitative estimate of drug-likeness (QED) is 0.801. The molecule has 0 unspecified atom stereocenters. The van der Waals surface area contributed by atoms with Gasteiger partial charge in [0.2, 0.25) is 0 Å². The lowest BCUT2D eigenvalue weighted by atomic mass is 10.3. The molecule has 1 fully saturated rings. The second kappa shape index (κ2) is 2.75. The van der Waals surface area contributed by atoms with Crippen molar-refractivity contribution in [1.29, 1.82) is 0 Å². The first-order chi connectivity index (χ1) is 5.68. The summed E-state index contributed by atoms with van der Waals surface area (Å²) in [6, 6.07) is 1.86. The van der Waals surface area contributed by atoms with Crippen molar-refractivity contribution < 1.29 is 9.90 Å². The van der Waals surface area contributed by atoms with E-state index >= 15 is 0 Å². The molecule has 0 saturated heterocycles. The minimum absolute atomic E-state index is 0.167. The lowest BCUT2D eigenvalue weighted by molar-refractivity contribution is -0.138. The molecule has 0 spiro atoms. The van der Waals surface area contributed by atoms with Gasteiger partial charge >= 0.3 is 5.97 Å². The predicted octanol–water partition coefficient (Wildman–Crippen LogP) is 2.59. The van der Waals surface area contributed by atoms with Crippen LogP contribution in [0.5, 0.6) is 0 Å². The lowest BCUT2D eigenvalue weighted by Gasteiger charge is -1.89. The largest absolute Gasteiger partial charge is 0.481 e. The van der Waals surface area contributed by atoms with Gasteiger partial charge in [-0.1, -0.05) is 11.6 Å². The third-order valence-corrected chi connectivity index (χ3v) is 3.47. The van der Waals surface area contributed by atoms with E-state index in [4.69, 9.17) is 16.7 Å². The third-order valence-electron chi connectivity index (χ3n) is 2.06. The van der Waals surface area contributed by atoms with Crippen molar-refractivity contribution in [3.63, 3.8) is 0 Å². The number of thiophene rings is 1. The highest BCUT2D eigenvalue weighted by molar-refractivity contribution is 7.10. The van der Waals surface area contributed by atoms with E-state index in [9.17, 15) is 4.79 Å². The Morgan fingerprint density at radius 3 is 2.92 bits per heavy atom. The summed E-state index contributed by atoms with van der Waals surface area (Å²) in [5.41, 5.74) is 0. The molecule has 1 N–H and O–H groups in total. The van der Waals surface area contributed by atoms with Crippen LogP contribution in [0.15, 0.2) is 11.4 Å². The van der Waals surface area contributed by atoms with Gasteiger partial charge in [-0.2, -0.15) is 0 Å². The molecule has 2 rings (SSSR count). The number of carbonyl (C=O) groups is 1. The van der Waals surface area contributed by atoms with E-state index in [-0.39, 0.29) is 11.8 Å². The first-order valence-electron chi connectivity index (χ1n) is 3.65. The molecule has 1 aromatic heterocycles. The van der Waals surface area contributed by atoms with Gasteiger partial charge in [0.15, 0.2) is 0 Å². The van der Waals surface area contributed by atoms with Gasteiger partial charge in [-0.25, -0.2) is 0 Å². The number of aliphatic carboxylic acids is 1. The van der Waals surface area contributed by atoms with Gasteiger partial charge in [-0.05, 0) is 12.5 Å². The zero-order valence-corrected chi connectivity index (χ0v) is 7.73. The number of rotatable bonds is 2. The highest BCUT2D eigenvalue weighted by Gasteiger charge is 2.44. The molecule has 1 aromatic rings. The van der Waals surface area contributed by atoms with E-state index in [1.54, 1.807) is 11.3 Å². The molecular formula is C8H7ClO2S. The van der Waals surface area contributed by atoms with Gasteiger partial charge in [-0.15, -0.1) is 11.3 Å². The van der Waals surface area contributed by atoms with Crippen molar-refractivity contribution >= 4 is 28.9 Å². The fraction of sp³-hybridized carbons (Fsp3) is 0.375. The van der Waals surface area contributed by atoms with Crippen LogP contribution in [0, 0.1) is 5.92 Å². The molecule has 0 amide bonds. The smallest absolute Gasteiger partial charge is 0.307 e. The molecule has 2 atom stereocenters. The third kappa shape index (κ3) is 1.34. The van der Waals surface area contributed by atoms with Gasteiger partial charge in [0.05, 0.1) is 10.9 Å². The molecule has 0 aromatic carbocycles. The molecule has 1 aliphatic carbocycles. The first-order valence-corrected chi connectivity index (χ1v) is 4.91. The number of halogens is 1. The topological polar surface area (TPSA) is 37.3 Å². The Morgan fingerprint density at radius 1 is 1.75 bits per heavy atom. The molecule has 0 radical (unpaired) electrons. The van der Waals surface area contributed by atoms with Gasteiger partial charge in [-0.3, -0.25) is 4.79 Å². The summed E-state index contributed by atoms with van der Waals surface area (Å²) in [6.07, 6.45) is 0.770. The van der Waals surface area contributed by atoms with Gasteiger partial charge in [0.25, 0.3) is 0 Å². The van der Waals surface area contributed by atoms with Gasteiger partial charge < -0.3 is 5.11 Å². The molecule has 0 aliphatic heterocycles. The normalized spacial score (nSPS) is 27.1. The number of hydrogen-bond donors (Lipinski definition) is 1. The molecule has 2 nitrogen and oxygen atoms in total. The summed E-state index contributed by atoms with van der Waals surface area (Å²) in [5, 5.41) is 11.2. The molecule has 64 valence electrons. The molecule has 1 saturated carbocycles. The maximum Gasteiger partial charge on any atom is 0.307 e. The van der Waals surface area contributed by atoms with Crippen LogP contribution in [0.4, 0.5) is 0 Å². The predicted molar refractivity (Wildman–Crippen MR) is 47.8 cm³/mol. The Labute approximate surface area is 78.8 Å². The van der Waals surface area contributed by atoms with Crippen LogP contribution >= 0.6 is 22.9 Å². The number of carboxylic acids is 1. The van der Waals surface area contributed by atoms with Gasteiger partial charge in [0, 0.05) is 16.2 Å². The molecule has 1 heterocycles. The molecule has 4 heteroatoms. The molecule has 0 bridgehead atoms. The average Bonchev–Trinajstić information content (AvgIpc) is 2.70. The summed E-state index contributed by atoms with van der Waals surface area (Å²) in [7, 11) is 0. The number of carboxylic acid groups (broad SMARTS) is 1. The van der Waals surface area contributed by atoms with Crippen LogP contribution in [0.1, 0.15) is 17.2 Å². The van der Waals surface area contributed by atoms with Crippen molar-refractivity contribution in [2.24, 2.45) is 5.92 Å². The van der Waals surface area contributed by atoms with Crippen LogP contribution in [-0.4, -0.2) is 11.1 Å². The van der Waals surface area contributed by atoms with Crippen molar-refractivity contribution in [3.05, 3.63) is 21.3 Å². The van der Waals surface area contributed by atoms with E-state index in [1.807, 2.05) is 11.4 Å². The second-order valence-electron chi connectivity index (χ2n) is 2.95. The number of hydrogen-bond acceptors (Lipinski definition) is 2. The van der Waals surface area contributed by atoms with E-state index in [0.717, 1.165) is 11.3 Å². The highest BCUT2D eigenvalue weighted by atomic mass is 35.5. The van der Waals surface area contributed by atoms with Crippen molar-refractivity contribution in [2.75, 3.05) is 0 Å². The van der Waals surface area contributed by atoms with Crippen molar-refractivity contribution in [1.82, 2.24) is 0 Å². The van der Waals surface area contributed by atoms with Crippen LogP contribution in [-0.2, 0) is 4.79 Å². The van der Waals surface area contributed by atoms with E-state index in [1.165, 1.54) is 0 Å². The van der Waals surface area contributed by atoms with E-state index < -0.39 is 5.97 Å². The molecular weight excluding hydrogens is 196 g/mol. The minimum atomic E-state index is -0.690. The van der Waals surface area contributed by atoms with E-state index in [2.05, 4.69) is 0 Å². The highest BCUT2D eigenvalue weighted by Crippen LogP contribution is 2.49. The Morgan fingerprint density at radius 2 is 2.50 bits per heavy atom. The van der Waals surface area contributed by atoms with Crippen molar-refractivity contribution in [2.45, 2.75) is 12.3 Å². The Bertz CT molecular complexity index is 321. The first kappa shape index (κ1) is 8.08. The molecule has 1 aliphatic rings. The van der Waals surface area contributed by atoms with Crippen LogP contribution in [0.25, 0.3) is 0 Å². The maximum atomic E-state index is 10.5. The summed E-state index contributed by atoms with van der Waals surface area (Å²) >= 11 is 7.27. The summed E-state index contributed by atoms with van der Waals surface area (Å²) in [6.45, 7) is 0. The SMILES string of the molecule is O=C(O)[C@@H]1C[C@H]1c1cc(Cl)cs1. The second-order valence-corrected chi connectivity index (χ2v) is 4.33. The Balaban J connectivity index is 2.10. The van der Waals surface area contributed by atoms with Gasteiger partial charge in [0.1, 0.15) is 0 Å². The van der Waals surface area contributed by atoms with Crippen LogP contribution in [0.3, 0.4) is 0 Å². The van der Waals surface area contributed by atoms with E-state index in [0.29, 0.717) is 5.02 Å². The summed E-state index contributed by atoms with van der Waals surface area (Å²) in [4.78, 5) is 11.6.